The van der Waals surface area contributed by atoms with Crippen LogP contribution < -0.4 is 14.4 Å². The number of ether oxygens (including phenoxy) is 1. The van der Waals surface area contributed by atoms with Crippen LogP contribution in [0.3, 0.4) is 0 Å². The molecule has 0 fully saturated rings. The van der Waals surface area contributed by atoms with E-state index in [-0.39, 0.29) is 5.91 Å². The summed E-state index contributed by atoms with van der Waals surface area (Å²) in [5, 5.41) is 0. The van der Waals surface area contributed by atoms with E-state index in [1.54, 1.807) is 25.2 Å². The van der Waals surface area contributed by atoms with Gasteiger partial charge in [0.05, 0.1) is 24.4 Å². The first-order valence-electron chi connectivity index (χ1n) is 6.05. The molecule has 20 heavy (non-hydrogen) atoms. The van der Waals surface area contributed by atoms with Crippen molar-refractivity contribution < 1.29 is 17.9 Å². The Kier molecular flexibility index (Phi) is 3.87. The number of fused-ring (bicyclic) bond motifs is 1. The number of carbonyl (C=O) groups is 1. The molecule has 1 amide bonds. The summed E-state index contributed by atoms with van der Waals surface area (Å²) in [5.41, 5.74) is 0.925. The highest BCUT2D eigenvalue weighted by Crippen LogP contribution is 2.33. The third-order valence-electron chi connectivity index (χ3n) is 3.00. The molecule has 2 rings (SSSR count). The lowest BCUT2D eigenvalue weighted by molar-refractivity contribution is -0.118. The lowest BCUT2D eigenvalue weighted by Gasteiger charge is -2.19. The van der Waals surface area contributed by atoms with Crippen LogP contribution in [0.4, 0.5) is 11.4 Å². The molecule has 8 heteroatoms. The SMILES string of the molecule is CN1C(=O)CCOc2ccc(NS(=O)(=O)N(C)C)cc21. The summed E-state index contributed by atoms with van der Waals surface area (Å²) in [7, 11) is 0.930. The van der Waals surface area contributed by atoms with Crippen molar-refractivity contribution in [2.24, 2.45) is 0 Å². The Balaban J connectivity index is 2.36. The van der Waals surface area contributed by atoms with Crippen molar-refractivity contribution >= 4 is 27.5 Å². The van der Waals surface area contributed by atoms with Gasteiger partial charge in [-0.15, -0.1) is 0 Å². The van der Waals surface area contributed by atoms with Crippen molar-refractivity contribution in [1.29, 1.82) is 0 Å². The minimum Gasteiger partial charge on any atom is -0.491 e. The zero-order valence-electron chi connectivity index (χ0n) is 11.6. The number of rotatable bonds is 3. The topological polar surface area (TPSA) is 79.0 Å². The summed E-state index contributed by atoms with van der Waals surface area (Å²) in [6.07, 6.45) is 0.296. The van der Waals surface area contributed by atoms with Gasteiger partial charge in [0.1, 0.15) is 5.75 Å². The molecule has 0 saturated heterocycles. The van der Waals surface area contributed by atoms with E-state index in [2.05, 4.69) is 4.72 Å². The average Bonchev–Trinajstić information content (AvgIpc) is 2.50. The van der Waals surface area contributed by atoms with Gasteiger partial charge in [0.2, 0.25) is 5.91 Å². The van der Waals surface area contributed by atoms with Crippen LogP contribution in [0.15, 0.2) is 18.2 Å². The maximum atomic E-state index is 11.8. The third-order valence-corrected chi connectivity index (χ3v) is 4.45. The standard InChI is InChI=1S/C12H17N3O4S/c1-14(2)20(17,18)13-9-4-5-11-10(8-9)15(3)12(16)6-7-19-11/h4-5,8,13H,6-7H2,1-3H3. The van der Waals surface area contributed by atoms with Crippen molar-refractivity contribution in [1.82, 2.24) is 4.31 Å². The highest BCUT2D eigenvalue weighted by molar-refractivity contribution is 7.90. The molecule has 0 bridgehead atoms. The Morgan fingerprint density at radius 2 is 2.05 bits per heavy atom. The van der Waals surface area contributed by atoms with Gasteiger partial charge in [-0.2, -0.15) is 12.7 Å². The first-order chi connectivity index (χ1) is 9.31. The predicted octanol–water partition coefficient (Wildman–Crippen LogP) is 0.650. The number of amides is 1. The minimum atomic E-state index is -3.58. The van der Waals surface area contributed by atoms with Crippen molar-refractivity contribution in [3.63, 3.8) is 0 Å². The quantitative estimate of drug-likeness (QED) is 0.889. The second-order valence-corrected chi connectivity index (χ2v) is 6.51. The Morgan fingerprint density at radius 3 is 2.70 bits per heavy atom. The van der Waals surface area contributed by atoms with E-state index in [0.29, 0.717) is 30.2 Å². The van der Waals surface area contributed by atoms with Crippen molar-refractivity contribution in [3.8, 4) is 5.75 Å². The van der Waals surface area contributed by atoms with E-state index in [1.807, 2.05) is 0 Å². The second kappa shape index (κ2) is 5.29. The van der Waals surface area contributed by atoms with Gasteiger partial charge >= 0.3 is 10.2 Å². The molecule has 0 unspecified atom stereocenters. The van der Waals surface area contributed by atoms with Gasteiger partial charge in [0.15, 0.2) is 0 Å². The Bertz CT molecular complexity index is 628. The molecule has 0 aromatic heterocycles. The van der Waals surface area contributed by atoms with Crippen LogP contribution >= 0.6 is 0 Å². The first kappa shape index (κ1) is 14.6. The van der Waals surface area contributed by atoms with Crippen molar-refractivity contribution in [2.75, 3.05) is 37.4 Å². The van der Waals surface area contributed by atoms with Crippen LogP contribution in [-0.4, -0.2) is 46.4 Å². The van der Waals surface area contributed by atoms with Crippen LogP contribution in [0, 0.1) is 0 Å². The number of nitrogens with one attached hydrogen (secondary N) is 1. The number of benzene rings is 1. The minimum absolute atomic E-state index is 0.0728. The molecule has 0 saturated carbocycles. The Labute approximate surface area is 118 Å². The van der Waals surface area contributed by atoms with Crippen LogP contribution in [0.5, 0.6) is 5.75 Å². The number of anilines is 2. The highest BCUT2D eigenvalue weighted by atomic mass is 32.2. The number of nitrogens with zero attached hydrogens (tertiary/aromatic N) is 2. The maximum absolute atomic E-state index is 11.8. The summed E-state index contributed by atoms with van der Waals surface area (Å²) in [4.78, 5) is 13.2. The van der Waals surface area contributed by atoms with E-state index in [9.17, 15) is 13.2 Å². The molecule has 0 atom stereocenters. The largest absolute Gasteiger partial charge is 0.491 e. The molecule has 7 nitrogen and oxygen atoms in total. The molecule has 110 valence electrons. The van der Waals surface area contributed by atoms with E-state index < -0.39 is 10.2 Å². The predicted molar refractivity (Wildman–Crippen MR) is 76.2 cm³/mol. The summed E-state index contributed by atoms with van der Waals surface area (Å²) >= 11 is 0. The van der Waals surface area contributed by atoms with Gasteiger partial charge in [-0.1, -0.05) is 0 Å². The molecule has 0 aliphatic carbocycles. The van der Waals surface area contributed by atoms with Gasteiger partial charge in [0, 0.05) is 21.1 Å². The summed E-state index contributed by atoms with van der Waals surface area (Å²) in [6.45, 7) is 0.318. The van der Waals surface area contributed by atoms with Crippen LogP contribution in [0.1, 0.15) is 6.42 Å². The van der Waals surface area contributed by atoms with Gasteiger partial charge in [-0.25, -0.2) is 0 Å². The zero-order chi connectivity index (χ0) is 14.9. The van der Waals surface area contributed by atoms with E-state index in [0.717, 1.165) is 4.31 Å². The molecular formula is C12H17N3O4S. The first-order valence-corrected chi connectivity index (χ1v) is 7.49. The van der Waals surface area contributed by atoms with E-state index >= 15 is 0 Å². The van der Waals surface area contributed by atoms with E-state index in [1.165, 1.54) is 19.0 Å². The molecular weight excluding hydrogens is 282 g/mol. The molecule has 1 aliphatic rings. The molecule has 1 N–H and O–H groups in total. The number of hydrogen-bond acceptors (Lipinski definition) is 4. The van der Waals surface area contributed by atoms with Crippen LogP contribution in [-0.2, 0) is 15.0 Å². The molecule has 1 aliphatic heterocycles. The zero-order valence-corrected chi connectivity index (χ0v) is 12.4. The second-order valence-electron chi connectivity index (χ2n) is 4.62. The van der Waals surface area contributed by atoms with E-state index in [4.69, 9.17) is 4.74 Å². The monoisotopic (exact) mass is 299 g/mol. The Hall–Kier alpha value is -1.80. The fourth-order valence-electron chi connectivity index (χ4n) is 1.76. The number of hydrogen-bond donors (Lipinski definition) is 1. The molecule has 1 aromatic carbocycles. The summed E-state index contributed by atoms with van der Waals surface area (Å²) in [5.74, 6) is 0.488. The third kappa shape index (κ3) is 2.86. The summed E-state index contributed by atoms with van der Waals surface area (Å²) in [6, 6.07) is 4.83. The van der Waals surface area contributed by atoms with Gasteiger partial charge in [-0.05, 0) is 18.2 Å². The van der Waals surface area contributed by atoms with Gasteiger partial charge in [0.25, 0.3) is 0 Å². The lowest BCUT2D eigenvalue weighted by atomic mass is 10.2. The molecule has 1 aromatic rings. The smallest absolute Gasteiger partial charge is 0.301 e. The summed E-state index contributed by atoms with van der Waals surface area (Å²) < 4.78 is 32.5. The van der Waals surface area contributed by atoms with Crippen LogP contribution in [0.2, 0.25) is 0 Å². The molecule has 0 radical (unpaired) electrons. The molecule has 1 heterocycles. The lowest BCUT2D eigenvalue weighted by Crippen LogP contribution is -2.29. The van der Waals surface area contributed by atoms with Crippen molar-refractivity contribution in [3.05, 3.63) is 18.2 Å². The van der Waals surface area contributed by atoms with Gasteiger partial charge in [-0.3, -0.25) is 9.52 Å². The maximum Gasteiger partial charge on any atom is 0.301 e. The highest BCUT2D eigenvalue weighted by Gasteiger charge is 2.21. The fraction of sp³-hybridized carbons (Fsp3) is 0.417. The number of carbonyl (C=O) groups excluding carboxylic acids is 1. The Morgan fingerprint density at radius 1 is 1.35 bits per heavy atom. The van der Waals surface area contributed by atoms with Gasteiger partial charge < -0.3 is 9.64 Å². The van der Waals surface area contributed by atoms with Crippen LogP contribution in [0.25, 0.3) is 0 Å². The van der Waals surface area contributed by atoms with Crippen molar-refractivity contribution in [2.45, 2.75) is 6.42 Å². The normalized spacial score (nSPS) is 15.6. The molecule has 0 spiro atoms. The average molecular weight is 299 g/mol. The fourth-order valence-corrected chi connectivity index (χ4v) is 2.36.